The van der Waals surface area contributed by atoms with Gasteiger partial charge in [-0.15, -0.1) is 0 Å². The van der Waals surface area contributed by atoms with E-state index in [1.807, 2.05) is 0 Å². The number of allylic oxidation sites excluding steroid dienone is 2. The average molecular weight is 345 g/mol. The van der Waals surface area contributed by atoms with E-state index in [-0.39, 0.29) is 17.1 Å². The first-order valence-corrected chi connectivity index (χ1v) is 9.71. The highest BCUT2D eigenvalue weighted by atomic mass is 16.3. The van der Waals surface area contributed by atoms with E-state index in [0.29, 0.717) is 18.3 Å². The number of carbonyl (C=O) groups is 2. The molecule has 0 aliphatic heterocycles. The lowest BCUT2D eigenvalue weighted by Crippen LogP contribution is -2.49. The van der Waals surface area contributed by atoms with Gasteiger partial charge in [0.25, 0.3) is 0 Å². The Hall–Kier alpha value is -1.42. The van der Waals surface area contributed by atoms with Crippen molar-refractivity contribution in [2.45, 2.75) is 77.7 Å². The van der Waals surface area contributed by atoms with Crippen LogP contribution in [-0.2, 0) is 9.59 Å². The van der Waals surface area contributed by atoms with Crippen molar-refractivity contribution in [3.63, 3.8) is 0 Å². The fraction of sp³-hybridized carbons (Fsp3) is 0.714. The van der Waals surface area contributed by atoms with Gasteiger partial charge < -0.3 is 10.8 Å². The summed E-state index contributed by atoms with van der Waals surface area (Å²) in [7, 11) is 0. The molecule has 3 N–H and O–H groups in total. The molecule has 3 aliphatic carbocycles. The Balaban J connectivity index is 1.69. The summed E-state index contributed by atoms with van der Waals surface area (Å²) in [5, 5.41) is 10.9. The van der Waals surface area contributed by atoms with E-state index in [1.54, 1.807) is 6.92 Å². The number of rotatable bonds is 7. The van der Waals surface area contributed by atoms with Crippen molar-refractivity contribution in [3.8, 4) is 0 Å². The third-order valence-corrected chi connectivity index (χ3v) is 6.90. The van der Waals surface area contributed by atoms with Gasteiger partial charge in [0, 0.05) is 17.4 Å². The Kier molecular flexibility index (Phi) is 4.69. The lowest BCUT2D eigenvalue weighted by molar-refractivity contribution is -0.137. The first-order valence-electron chi connectivity index (χ1n) is 9.71. The maximum absolute atomic E-state index is 12.9. The van der Waals surface area contributed by atoms with Crippen molar-refractivity contribution in [1.82, 2.24) is 0 Å². The highest BCUT2D eigenvalue weighted by Crippen LogP contribution is 2.65. The van der Waals surface area contributed by atoms with E-state index in [9.17, 15) is 14.7 Å². The van der Waals surface area contributed by atoms with Crippen LogP contribution in [0, 0.1) is 17.3 Å². The van der Waals surface area contributed by atoms with Crippen LogP contribution in [0.4, 0.5) is 0 Å². The summed E-state index contributed by atoms with van der Waals surface area (Å²) in [4.78, 5) is 23.7. The third kappa shape index (κ3) is 2.88. The first kappa shape index (κ1) is 18.4. The van der Waals surface area contributed by atoms with E-state index in [0.717, 1.165) is 50.5 Å². The summed E-state index contributed by atoms with van der Waals surface area (Å²) in [6.45, 7) is 6.03. The van der Waals surface area contributed by atoms with Crippen molar-refractivity contribution < 1.29 is 14.7 Å². The molecule has 138 valence electrons. The molecule has 0 saturated heterocycles. The number of hydrogen-bond acceptors (Lipinski definition) is 3. The van der Waals surface area contributed by atoms with Gasteiger partial charge in [0.05, 0.1) is 0 Å². The number of unbranched alkanes of at least 4 members (excludes halogenated alkanes) is 3. The maximum atomic E-state index is 12.9. The van der Waals surface area contributed by atoms with Gasteiger partial charge in [-0.2, -0.15) is 0 Å². The van der Waals surface area contributed by atoms with Crippen LogP contribution < -0.4 is 5.73 Å². The second-order valence-electron chi connectivity index (χ2n) is 8.49. The van der Waals surface area contributed by atoms with Gasteiger partial charge in [0.2, 0.25) is 5.91 Å². The molecule has 0 bridgehead atoms. The largest absolute Gasteiger partial charge is 0.381 e. The number of nitrogens with two attached hydrogens (primary N) is 1. The summed E-state index contributed by atoms with van der Waals surface area (Å²) in [6, 6.07) is 0. The predicted molar refractivity (Wildman–Crippen MR) is 97.6 cm³/mol. The second-order valence-corrected chi connectivity index (χ2v) is 8.49. The molecule has 1 amide bonds. The highest BCUT2D eigenvalue weighted by Gasteiger charge is 2.65. The monoisotopic (exact) mass is 345 g/mol. The molecule has 0 aromatic heterocycles. The summed E-state index contributed by atoms with van der Waals surface area (Å²) in [5.41, 5.74) is 6.90. The molecule has 3 atom stereocenters. The third-order valence-electron chi connectivity index (χ3n) is 6.90. The minimum absolute atomic E-state index is 0.0681. The summed E-state index contributed by atoms with van der Waals surface area (Å²) in [6.07, 6.45) is 9.55. The maximum Gasteiger partial charge on any atom is 0.217 e. The molecular weight excluding hydrogens is 314 g/mol. The van der Waals surface area contributed by atoms with E-state index in [4.69, 9.17) is 5.73 Å². The molecular formula is C21H31NO3. The summed E-state index contributed by atoms with van der Waals surface area (Å²) < 4.78 is 0. The van der Waals surface area contributed by atoms with Gasteiger partial charge >= 0.3 is 0 Å². The lowest BCUT2D eigenvalue weighted by atomic mass is 9.66. The molecule has 0 radical (unpaired) electrons. The van der Waals surface area contributed by atoms with Crippen LogP contribution in [-0.4, -0.2) is 22.4 Å². The number of fused-ring (bicyclic) bond motifs is 1. The number of ketones is 1. The van der Waals surface area contributed by atoms with E-state index >= 15 is 0 Å². The van der Waals surface area contributed by atoms with Gasteiger partial charge in [0.1, 0.15) is 5.60 Å². The summed E-state index contributed by atoms with van der Waals surface area (Å²) >= 11 is 0. The quantitative estimate of drug-likeness (QED) is 0.694. The number of aliphatic hydroxyl groups is 1. The molecule has 0 heterocycles. The molecule has 1 saturated carbocycles. The molecule has 1 spiro atoms. The average Bonchev–Trinajstić information content (AvgIpc) is 3.29. The standard InChI is InChI=1S/C21H31NO3/c1-13-12-16-18(15(13)8-6-4-5-7-9-17(22)23)14(2)21(10-11-21)20(3,25)19(16)24/h12-13,15,25H,4-11H2,1-3H3,(H2,22,23)/t13?,15?,20-/m0/s1. The Labute approximate surface area is 150 Å². The zero-order chi connectivity index (χ0) is 18.4. The minimum atomic E-state index is -1.24. The molecule has 2 unspecified atom stereocenters. The molecule has 3 aliphatic rings. The zero-order valence-corrected chi connectivity index (χ0v) is 15.7. The second kappa shape index (κ2) is 6.39. The van der Waals surface area contributed by atoms with Crippen LogP contribution in [0.1, 0.15) is 72.1 Å². The molecule has 3 rings (SSSR count). The molecule has 1 fully saturated rings. The normalized spacial score (nSPS) is 32.8. The number of Topliss-reactive ketones (excluding diaryl/α,β-unsaturated/α-hetero) is 1. The number of carbonyl (C=O) groups excluding carboxylic acids is 2. The Bertz CT molecular complexity index is 652. The highest BCUT2D eigenvalue weighted by molar-refractivity contribution is 6.08. The van der Waals surface area contributed by atoms with Crippen molar-refractivity contribution in [2.24, 2.45) is 23.0 Å². The minimum Gasteiger partial charge on any atom is -0.381 e. The van der Waals surface area contributed by atoms with Gasteiger partial charge in [0.15, 0.2) is 5.78 Å². The fourth-order valence-corrected chi connectivity index (χ4v) is 5.12. The zero-order valence-electron chi connectivity index (χ0n) is 15.7. The summed E-state index contributed by atoms with van der Waals surface area (Å²) in [5.74, 6) is 0.450. The molecule has 4 nitrogen and oxygen atoms in total. The Morgan fingerprint density at radius 2 is 1.92 bits per heavy atom. The SMILES string of the molecule is CC1=C2C(=CC(C)C2CCCCCCC(N)=O)C(=O)[C@](C)(O)C12CC2. The van der Waals surface area contributed by atoms with Crippen LogP contribution in [0.25, 0.3) is 0 Å². The van der Waals surface area contributed by atoms with E-state index < -0.39 is 5.60 Å². The van der Waals surface area contributed by atoms with Crippen molar-refractivity contribution in [2.75, 3.05) is 0 Å². The molecule has 0 aromatic rings. The van der Waals surface area contributed by atoms with Crippen LogP contribution in [0.5, 0.6) is 0 Å². The van der Waals surface area contributed by atoms with Gasteiger partial charge in [-0.05, 0) is 56.9 Å². The Morgan fingerprint density at radius 1 is 1.28 bits per heavy atom. The lowest BCUT2D eigenvalue weighted by Gasteiger charge is -2.40. The topological polar surface area (TPSA) is 80.4 Å². The Morgan fingerprint density at radius 3 is 2.52 bits per heavy atom. The van der Waals surface area contributed by atoms with Crippen molar-refractivity contribution in [3.05, 3.63) is 22.8 Å². The van der Waals surface area contributed by atoms with Crippen LogP contribution in [0.15, 0.2) is 22.8 Å². The van der Waals surface area contributed by atoms with E-state index in [1.165, 1.54) is 11.1 Å². The van der Waals surface area contributed by atoms with Gasteiger partial charge in [-0.25, -0.2) is 0 Å². The molecule has 25 heavy (non-hydrogen) atoms. The predicted octanol–water partition coefficient (Wildman–Crippen LogP) is 3.44. The van der Waals surface area contributed by atoms with Crippen molar-refractivity contribution in [1.29, 1.82) is 0 Å². The van der Waals surface area contributed by atoms with Crippen LogP contribution in [0.2, 0.25) is 0 Å². The molecule has 4 heteroatoms. The van der Waals surface area contributed by atoms with Crippen molar-refractivity contribution >= 4 is 11.7 Å². The van der Waals surface area contributed by atoms with E-state index in [2.05, 4.69) is 19.9 Å². The number of primary amides is 1. The van der Waals surface area contributed by atoms with Gasteiger partial charge in [-0.1, -0.05) is 37.8 Å². The van der Waals surface area contributed by atoms with Gasteiger partial charge in [-0.3, -0.25) is 9.59 Å². The number of amides is 1. The molecule has 0 aromatic carbocycles. The number of hydrogen-bond donors (Lipinski definition) is 2. The first-order chi connectivity index (χ1) is 11.7. The van der Waals surface area contributed by atoms with Crippen LogP contribution >= 0.6 is 0 Å². The smallest absolute Gasteiger partial charge is 0.217 e. The fourth-order valence-electron chi connectivity index (χ4n) is 5.12. The van der Waals surface area contributed by atoms with Crippen LogP contribution in [0.3, 0.4) is 0 Å².